The fourth-order valence-electron chi connectivity index (χ4n) is 2.70. The van der Waals surface area contributed by atoms with Crippen molar-refractivity contribution < 1.29 is 0 Å². The van der Waals surface area contributed by atoms with Crippen LogP contribution in [0, 0.1) is 17.2 Å². The van der Waals surface area contributed by atoms with Crippen LogP contribution < -0.4 is 5.32 Å². The van der Waals surface area contributed by atoms with Gasteiger partial charge in [0, 0.05) is 13.1 Å². The van der Waals surface area contributed by atoms with Crippen LogP contribution in [-0.2, 0) is 5.54 Å². The second-order valence-electron chi connectivity index (χ2n) is 5.26. The number of likely N-dealkylation sites (N-methyl/N-ethyl adjacent to an activating group) is 1. The number of benzene rings is 1. The number of nitrogens with one attached hydrogen (secondary N) is 1. The van der Waals surface area contributed by atoms with Crippen molar-refractivity contribution >= 4 is 0 Å². The van der Waals surface area contributed by atoms with Gasteiger partial charge in [-0.1, -0.05) is 37.3 Å². The van der Waals surface area contributed by atoms with Crippen LogP contribution in [0.2, 0.25) is 0 Å². The second kappa shape index (κ2) is 5.51. The largest absolute Gasteiger partial charge is 0.300 e. The first kappa shape index (κ1) is 13.1. The van der Waals surface area contributed by atoms with Crippen molar-refractivity contribution in [3.8, 4) is 6.07 Å². The van der Waals surface area contributed by atoms with E-state index in [0.717, 1.165) is 31.1 Å². The molecular formula is C15H21N3. The molecule has 3 nitrogen and oxygen atoms in total. The van der Waals surface area contributed by atoms with Gasteiger partial charge in [0.2, 0.25) is 0 Å². The third-order valence-corrected chi connectivity index (χ3v) is 3.85. The maximum absolute atomic E-state index is 9.62. The highest BCUT2D eigenvalue weighted by Gasteiger charge is 2.34. The maximum atomic E-state index is 9.62. The molecule has 0 bridgehead atoms. The Morgan fingerprint density at radius 2 is 2.17 bits per heavy atom. The smallest absolute Gasteiger partial charge is 0.144 e. The highest BCUT2D eigenvalue weighted by Crippen LogP contribution is 2.25. The quantitative estimate of drug-likeness (QED) is 0.878. The molecule has 1 saturated heterocycles. The molecule has 3 heteroatoms. The Balaban J connectivity index is 2.20. The molecule has 0 aliphatic carbocycles. The summed E-state index contributed by atoms with van der Waals surface area (Å²) in [6, 6.07) is 12.5. The molecule has 2 unspecified atom stereocenters. The van der Waals surface area contributed by atoms with Crippen LogP contribution in [0.5, 0.6) is 0 Å². The summed E-state index contributed by atoms with van der Waals surface area (Å²) in [4.78, 5) is 2.39. The van der Waals surface area contributed by atoms with Gasteiger partial charge in [-0.3, -0.25) is 10.2 Å². The summed E-state index contributed by atoms with van der Waals surface area (Å²) >= 11 is 0. The monoisotopic (exact) mass is 243 g/mol. The minimum atomic E-state index is -0.592. The van der Waals surface area contributed by atoms with E-state index in [9.17, 15) is 5.26 Å². The normalized spacial score (nSPS) is 23.5. The molecule has 1 aliphatic heterocycles. The van der Waals surface area contributed by atoms with Crippen LogP contribution >= 0.6 is 0 Å². The third-order valence-electron chi connectivity index (χ3n) is 3.85. The zero-order chi connectivity index (χ0) is 13.0. The molecule has 1 heterocycles. The highest BCUT2D eigenvalue weighted by molar-refractivity contribution is 5.32. The number of nitrogens with zero attached hydrogens (tertiary/aromatic N) is 2. The van der Waals surface area contributed by atoms with E-state index in [4.69, 9.17) is 0 Å². The van der Waals surface area contributed by atoms with Gasteiger partial charge in [0.25, 0.3) is 0 Å². The van der Waals surface area contributed by atoms with Crippen LogP contribution in [0.3, 0.4) is 0 Å². The van der Waals surface area contributed by atoms with Crippen molar-refractivity contribution in [2.24, 2.45) is 5.92 Å². The lowest BCUT2D eigenvalue weighted by atomic mass is 9.91. The Morgan fingerprint density at radius 1 is 1.44 bits per heavy atom. The maximum Gasteiger partial charge on any atom is 0.144 e. The van der Waals surface area contributed by atoms with Crippen LogP contribution in [0.1, 0.15) is 18.9 Å². The highest BCUT2D eigenvalue weighted by atomic mass is 15.2. The van der Waals surface area contributed by atoms with Crippen LogP contribution in [-0.4, -0.2) is 31.6 Å². The summed E-state index contributed by atoms with van der Waals surface area (Å²) in [6.45, 7) is 5.22. The van der Waals surface area contributed by atoms with E-state index in [0.29, 0.717) is 0 Å². The fourth-order valence-corrected chi connectivity index (χ4v) is 2.70. The molecule has 0 saturated carbocycles. The number of hydrogen-bond acceptors (Lipinski definition) is 3. The van der Waals surface area contributed by atoms with Gasteiger partial charge in [-0.05, 0) is 31.5 Å². The summed E-state index contributed by atoms with van der Waals surface area (Å²) in [5.41, 5.74) is 0.459. The minimum Gasteiger partial charge on any atom is -0.300 e. The Hall–Kier alpha value is -1.37. The van der Waals surface area contributed by atoms with E-state index in [-0.39, 0.29) is 0 Å². The SMILES string of the molecule is CNC(C#N)(CN1CCC(C)C1)c1ccccc1. The summed E-state index contributed by atoms with van der Waals surface area (Å²) in [6.07, 6.45) is 1.24. The molecule has 18 heavy (non-hydrogen) atoms. The topological polar surface area (TPSA) is 39.1 Å². The van der Waals surface area contributed by atoms with Crippen molar-refractivity contribution in [1.82, 2.24) is 10.2 Å². The molecule has 2 atom stereocenters. The lowest BCUT2D eigenvalue weighted by molar-refractivity contribution is 0.253. The van der Waals surface area contributed by atoms with Crippen molar-refractivity contribution in [1.29, 1.82) is 5.26 Å². The van der Waals surface area contributed by atoms with E-state index in [1.807, 2.05) is 37.4 Å². The summed E-state index contributed by atoms with van der Waals surface area (Å²) in [5, 5.41) is 12.8. The average Bonchev–Trinajstić information content (AvgIpc) is 2.82. The standard InChI is InChI=1S/C15H21N3/c1-13-8-9-18(10-13)12-15(11-16,17-2)14-6-4-3-5-7-14/h3-7,13,17H,8-10,12H2,1-2H3. The molecular weight excluding hydrogens is 222 g/mol. The van der Waals surface area contributed by atoms with Gasteiger partial charge in [-0.2, -0.15) is 5.26 Å². The first-order valence-electron chi connectivity index (χ1n) is 6.58. The third kappa shape index (κ3) is 2.55. The Labute approximate surface area is 109 Å². The van der Waals surface area contributed by atoms with Gasteiger partial charge in [0.1, 0.15) is 5.54 Å². The second-order valence-corrected chi connectivity index (χ2v) is 5.26. The first-order valence-corrected chi connectivity index (χ1v) is 6.58. The van der Waals surface area contributed by atoms with Gasteiger partial charge >= 0.3 is 0 Å². The zero-order valence-corrected chi connectivity index (χ0v) is 11.2. The van der Waals surface area contributed by atoms with E-state index in [1.54, 1.807) is 0 Å². The summed E-state index contributed by atoms with van der Waals surface area (Å²) in [5.74, 6) is 0.744. The average molecular weight is 243 g/mol. The molecule has 1 aromatic rings. The fraction of sp³-hybridized carbons (Fsp3) is 0.533. The molecule has 96 valence electrons. The van der Waals surface area contributed by atoms with Gasteiger partial charge in [-0.25, -0.2) is 0 Å². The van der Waals surface area contributed by atoms with Crippen molar-refractivity contribution in [2.45, 2.75) is 18.9 Å². The molecule has 0 spiro atoms. The van der Waals surface area contributed by atoms with E-state index < -0.39 is 5.54 Å². The predicted octanol–water partition coefficient (Wildman–Crippen LogP) is 1.97. The van der Waals surface area contributed by atoms with Crippen LogP contribution in [0.25, 0.3) is 0 Å². The van der Waals surface area contributed by atoms with E-state index in [1.165, 1.54) is 6.42 Å². The molecule has 0 amide bonds. The number of rotatable bonds is 4. The van der Waals surface area contributed by atoms with Crippen molar-refractivity contribution in [3.05, 3.63) is 35.9 Å². The van der Waals surface area contributed by atoms with Gasteiger partial charge < -0.3 is 0 Å². The lowest BCUT2D eigenvalue weighted by Gasteiger charge is -2.31. The number of nitriles is 1. The molecule has 2 rings (SSSR count). The van der Waals surface area contributed by atoms with Crippen molar-refractivity contribution in [2.75, 3.05) is 26.7 Å². The lowest BCUT2D eigenvalue weighted by Crippen LogP contribution is -2.48. The van der Waals surface area contributed by atoms with E-state index >= 15 is 0 Å². The molecule has 0 radical (unpaired) electrons. The molecule has 0 aromatic heterocycles. The summed E-state index contributed by atoms with van der Waals surface area (Å²) in [7, 11) is 1.87. The Morgan fingerprint density at radius 3 is 2.67 bits per heavy atom. The molecule has 1 N–H and O–H groups in total. The number of likely N-dealkylation sites (tertiary alicyclic amines) is 1. The van der Waals surface area contributed by atoms with Crippen LogP contribution in [0.15, 0.2) is 30.3 Å². The van der Waals surface area contributed by atoms with Gasteiger partial charge in [-0.15, -0.1) is 0 Å². The van der Waals surface area contributed by atoms with Crippen molar-refractivity contribution in [3.63, 3.8) is 0 Å². The Kier molecular flexibility index (Phi) is 4.00. The molecule has 1 aromatic carbocycles. The van der Waals surface area contributed by atoms with Crippen LogP contribution in [0.4, 0.5) is 0 Å². The molecule has 1 fully saturated rings. The number of hydrogen-bond donors (Lipinski definition) is 1. The summed E-state index contributed by atoms with van der Waals surface area (Å²) < 4.78 is 0. The first-order chi connectivity index (χ1) is 8.70. The van der Waals surface area contributed by atoms with E-state index in [2.05, 4.69) is 23.2 Å². The van der Waals surface area contributed by atoms with Gasteiger partial charge in [0.15, 0.2) is 0 Å². The molecule has 1 aliphatic rings. The predicted molar refractivity (Wildman–Crippen MR) is 73.0 cm³/mol. The Bertz CT molecular complexity index is 423. The minimum absolute atomic E-state index is 0.592. The zero-order valence-electron chi connectivity index (χ0n) is 11.2. The van der Waals surface area contributed by atoms with Gasteiger partial charge in [0.05, 0.1) is 6.07 Å².